The molecule has 0 aromatic heterocycles. The molecule has 2 rings (SSSR count). The van der Waals surface area contributed by atoms with Crippen molar-refractivity contribution in [2.24, 2.45) is 0 Å². The Morgan fingerprint density at radius 3 is 2.68 bits per heavy atom. The van der Waals surface area contributed by atoms with Crippen LogP contribution in [0.1, 0.15) is 39.5 Å². The summed E-state index contributed by atoms with van der Waals surface area (Å²) in [6, 6.07) is 4.38. The van der Waals surface area contributed by atoms with Gasteiger partial charge in [-0.1, -0.05) is 0 Å². The Balaban J connectivity index is 1.97. The first-order valence-electron chi connectivity index (χ1n) is 7.55. The highest BCUT2D eigenvalue weighted by molar-refractivity contribution is 5.05. The van der Waals surface area contributed by atoms with Gasteiger partial charge in [-0.3, -0.25) is 9.80 Å². The zero-order valence-electron chi connectivity index (χ0n) is 12.8. The Labute approximate surface area is 117 Å². The Kier molecular flexibility index (Phi) is 4.50. The fourth-order valence-corrected chi connectivity index (χ4v) is 3.66. The van der Waals surface area contributed by atoms with Crippen molar-refractivity contribution >= 4 is 0 Å². The van der Waals surface area contributed by atoms with E-state index in [0.29, 0.717) is 6.04 Å². The van der Waals surface area contributed by atoms with Crippen molar-refractivity contribution in [2.45, 2.75) is 63.2 Å². The molecule has 2 bridgehead atoms. The highest BCUT2D eigenvalue weighted by atomic mass is 15.3. The molecule has 2 aliphatic rings. The lowest BCUT2D eigenvalue weighted by atomic mass is 9.94. The number of nitriles is 1. The number of hydrogen-bond acceptors (Lipinski definition) is 4. The molecular formula is C15H28N4. The van der Waals surface area contributed by atoms with E-state index in [9.17, 15) is 5.26 Å². The predicted molar refractivity (Wildman–Crippen MR) is 77.9 cm³/mol. The fraction of sp³-hybridized carbons (Fsp3) is 0.933. The summed E-state index contributed by atoms with van der Waals surface area (Å²) < 4.78 is 0. The SMILES string of the molecule is CNC(C)(C#N)CC(C)N1CCC2CCC(C1)N2C. The summed E-state index contributed by atoms with van der Waals surface area (Å²) in [5.74, 6) is 0. The van der Waals surface area contributed by atoms with E-state index in [-0.39, 0.29) is 0 Å². The molecule has 2 saturated heterocycles. The number of likely N-dealkylation sites (N-methyl/N-ethyl adjacent to an activating group) is 1. The maximum absolute atomic E-state index is 9.30. The van der Waals surface area contributed by atoms with Crippen LogP contribution in [0.15, 0.2) is 0 Å². The largest absolute Gasteiger partial charge is 0.303 e. The molecule has 0 amide bonds. The van der Waals surface area contributed by atoms with Gasteiger partial charge in [-0.15, -0.1) is 0 Å². The molecule has 19 heavy (non-hydrogen) atoms. The third-order valence-electron chi connectivity index (χ3n) is 5.31. The smallest absolute Gasteiger partial charge is 0.105 e. The van der Waals surface area contributed by atoms with Crippen LogP contribution in [0.25, 0.3) is 0 Å². The van der Waals surface area contributed by atoms with Crippen molar-refractivity contribution in [3.05, 3.63) is 0 Å². The van der Waals surface area contributed by atoms with Crippen molar-refractivity contribution in [1.82, 2.24) is 15.1 Å². The molecule has 0 aliphatic carbocycles. The lowest BCUT2D eigenvalue weighted by Crippen LogP contribution is -2.47. The molecule has 0 aromatic carbocycles. The van der Waals surface area contributed by atoms with E-state index < -0.39 is 5.54 Å². The normalized spacial score (nSPS) is 33.4. The van der Waals surface area contributed by atoms with Gasteiger partial charge in [0.2, 0.25) is 0 Å². The van der Waals surface area contributed by atoms with Crippen molar-refractivity contribution in [3.63, 3.8) is 0 Å². The molecule has 2 aliphatic heterocycles. The van der Waals surface area contributed by atoms with E-state index in [4.69, 9.17) is 0 Å². The highest BCUT2D eigenvalue weighted by Gasteiger charge is 2.37. The van der Waals surface area contributed by atoms with Gasteiger partial charge in [0, 0.05) is 24.7 Å². The summed E-state index contributed by atoms with van der Waals surface area (Å²) in [5, 5.41) is 12.5. The third kappa shape index (κ3) is 3.10. The summed E-state index contributed by atoms with van der Waals surface area (Å²) >= 11 is 0. The molecular weight excluding hydrogens is 236 g/mol. The predicted octanol–water partition coefficient (Wildman–Crippen LogP) is 1.44. The fourth-order valence-electron chi connectivity index (χ4n) is 3.66. The third-order valence-corrected chi connectivity index (χ3v) is 5.31. The topological polar surface area (TPSA) is 42.3 Å². The Morgan fingerprint density at radius 2 is 2.05 bits per heavy atom. The molecule has 0 spiro atoms. The molecule has 0 saturated carbocycles. The van der Waals surface area contributed by atoms with Crippen LogP contribution in [-0.2, 0) is 0 Å². The Morgan fingerprint density at radius 1 is 1.37 bits per heavy atom. The van der Waals surface area contributed by atoms with Crippen LogP contribution in [0.5, 0.6) is 0 Å². The van der Waals surface area contributed by atoms with Gasteiger partial charge in [0.05, 0.1) is 6.07 Å². The molecule has 2 heterocycles. The highest BCUT2D eigenvalue weighted by Crippen LogP contribution is 2.30. The van der Waals surface area contributed by atoms with Crippen molar-refractivity contribution in [3.8, 4) is 6.07 Å². The summed E-state index contributed by atoms with van der Waals surface area (Å²) in [7, 11) is 4.16. The molecule has 108 valence electrons. The number of likely N-dealkylation sites (tertiary alicyclic amines) is 1. The molecule has 4 heteroatoms. The minimum Gasteiger partial charge on any atom is -0.303 e. The van der Waals surface area contributed by atoms with E-state index in [2.05, 4.69) is 35.2 Å². The van der Waals surface area contributed by atoms with Crippen LogP contribution in [0.3, 0.4) is 0 Å². The maximum Gasteiger partial charge on any atom is 0.105 e. The Hall–Kier alpha value is -0.630. The lowest BCUT2D eigenvalue weighted by Gasteiger charge is -2.34. The van der Waals surface area contributed by atoms with Crippen LogP contribution >= 0.6 is 0 Å². The van der Waals surface area contributed by atoms with Crippen LogP contribution in [0.4, 0.5) is 0 Å². The Bertz CT molecular complexity index is 351. The van der Waals surface area contributed by atoms with Gasteiger partial charge in [0.25, 0.3) is 0 Å². The average molecular weight is 264 g/mol. The van der Waals surface area contributed by atoms with Gasteiger partial charge in [-0.05, 0) is 60.2 Å². The zero-order valence-corrected chi connectivity index (χ0v) is 12.8. The molecule has 0 radical (unpaired) electrons. The zero-order chi connectivity index (χ0) is 14.0. The van der Waals surface area contributed by atoms with Gasteiger partial charge in [0.15, 0.2) is 0 Å². The first kappa shape index (κ1) is 14.8. The average Bonchev–Trinajstić information content (AvgIpc) is 2.62. The van der Waals surface area contributed by atoms with Crippen molar-refractivity contribution in [1.29, 1.82) is 5.26 Å². The van der Waals surface area contributed by atoms with Crippen LogP contribution in [0.2, 0.25) is 0 Å². The quantitative estimate of drug-likeness (QED) is 0.834. The van der Waals surface area contributed by atoms with E-state index >= 15 is 0 Å². The van der Waals surface area contributed by atoms with Crippen LogP contribution in [-0.4, -0.2) is 60.6 Å². The second-order valence-electron chi connectivity index (χ2n) is 6.58. The number of nitrogens with zero attached hydrogens (tertiary/aromatic N) is 3. The van der Waals surface area contributed by atoms with Crippen molar-refractivity contribution in [2.75, 3.05) is 27.2 Å². The second-order valence-corrected chi connectivity index (χ2v) is 6.58. The molecule has 2 fully saturated rings. The van der Waals surface area contributed by atoms with Gasteiger partial charge in [0.1, 0.15) is 5.54 Å². The minimum absolute atomic E-state index is 0.406. The summed E-state index contributed by atoms with van der Waals surface area (Å²) in [6.45, 7) is 6.61. The minimum atomic E-state index is -0.406. The molecule has 4 unspecified atom stereocenters. The van der Waals surface area contributed by atoms with Gasteiger partial charge in [-0.2, -0.15) is 5.26 Å². The lowest BCUT2D eigenvalue weighted by molar-refractivity contribution is 0.158. The summed E-state index contributed by atoms with van der Waals surface area (Å²) in [4.78, 5) is 5.17. The number of fused-ring (bicyclic) bond motifs is 2. The number of rotatable bonds is 4. The number of nitrogens with one attached hydrogen (secondary N) is 1. The monoisotopic (exact) mass is 264 g/mol. The first-order chi connectivity index (χ1) is 8.99. The van der Waals surface area contributed by atoms with Crippen LogP contribution in [0, 0.1) is 11.3 Å². The second kappa shape index (κ2) is 5.78. The molecule has 4 nitrogen and oxygen atoms in total. The summed E-state index contributed by atoms with van der Waals surface area (Å²) in [6.07, 6.45) is 4.88. The van der Waals surface area contributed by atoms with Crippen LogP contribution < -0.4 is 5.32 Å². The van der Waals surface area contributed by atoms with Crippen molar-refractivity contribution < 1.29 is 0 Å². The van der Waals surface area contributed by atoms with Gasteiger partial charge >= 0.3 is 0 Å². The number of hydrogen-bond donors (Lipinski definition) is 1. The van der Waals surface area contributed by atoms with E-state index in [1.165, 1.54) is 32.4 Å². The molecule has 1 N–H and O–H groups in total. The van der Waals surface area contributed by atoms with Gasteiger partial charge < -0.3 is 5.32 Å². The van der Waals surface area contributed by atoms with E-state index in [1.807, 2.05) is 14.0 Å². The first-order valence-corrected chi connectivity index (χ1v) is 7.55. The van der Waals surface area contributed by atoms with E-state index in [0.717, 1.165) is 18.5 Å². The maximum atomic E-state index is 9.30. The molecule has 0 aromatic rings. The van der Waals surface area contributed by atoms with E-state index in [1.54, 1.807) is 0 Å². The standard InChI is InChI=1S/C15H28N4/c1-12(9-15(2,11-16)17-3)19-8-7-13-5-6-14(10-19)18(13)4/h12-14,17H,5-10H2,1-4H3. The molecule has 4 atom stereocenters. The summed E-state index contributed by atoms with van der Waals surface area (Å²) in [5.41, 5.74) is -0.406. The van der Waals surface area contributed by atoms with Gasteiger partial charge in [-0.25, -0.2) is 0 Å².